The summed E-state index contributed by atoms with van der Waals surface area (Å²) < 4.78 is 13.1. The second-order valence-electron chi connectivity index (χ2n) is 4.63. The van der Waals surface area contributed by atoms with Crippen LogP contribution in [-0.2, 0) is 0 Å². The smallest absolute Gasteiger partial charge is 0.255 e. The Balaban J connectivity index is 2.04. The Morgan fingerprint density at radius 1 is 1.56 bits per heavy atom. The number of aromatic nitrogens is 1. The first-order valence-corrected chi connectivity index (χ1v) is 7.28. The lowest BCUT2D eigenvalue weighted by Gasteiger charge is -2.32. The van der Waals surface area contributed by atoms with Crippen LogP contribution in [0.4, 0.5) is 4.39 Å². The summed E-state index contributed by atoms with van der Waals surface area (Å²) in [5.74, 6) is -0.0280. The molecule has 1 atom stereocenters. The molecule has 5 heteroatoms. The van der Waals surface area contributed by atoms with E-state index < -0.39 is 5.82 Å². The molecule has 18 heavy (non-hydrogen) atoms. The molecule has 1 aromatic rings. The number of amides is 1. The lowest BCUT2D eigenvalue weighted by Crippen LogP contribution is -2.40. The molecule has 1 fully saturated rings. The molecule has 1 unspecified atom stereocenters. The van der Waals surface area contributed by atoms with Crippen molar-refractivity contribution in [2.75, 3.05) is 18.4 Å². The van der Waals surface area contributed by atoms with Crippen molar-refractivity contribution < 1.29 is 9.18 Å². The summed E-state index contributed by atoms with van der Waals surface area (Å²) in [6, 6.07) is 1.25. The topological polar surface area (TPSA) is 33.2 Å². The van der Waals surface area contributed by atoms with Gasteiger partial charge in [0.05, 0.1) is 11.8 Å². The monoisotopic (exact) mass is 314 g/mol. The van der Waals surface area contributed by atoms with Crippen LogP contribution in [0.3, 0.4) is 0 Å². The Kier molecular flexibility index (Phi) is 4.69. The standard InChI is InChI=1S/C13H16BrFN2O/c14-4-3-10-2-1-5-17(9-10)13(18)11-6-12(15)8-16-7-11/h6-8,10H,1-5,9H2. The van der Waals surface area contributed by atoms with Gasteiger partial charge in [0.2, 0.25) is 0 Å². The van der Waals surface area contributed by atoms with E-state index in [0.29, 0.717) is 11.5 Å². The van der Waals surface area contributed by atoms with Gasteiger partial charge in [0.15, 0.2) is 0 Å². The minimum Gasteiger partial charge on any atom is -0.338 e. The van der Waals surface area contributed by atoms with E-state index in [4.69, 9.17) is 0 Å². The van der Waals surface area contributed by atoms with Gasteiger partial charge >= 0.3 is 0 Å². The molecular formula is C13H16BrFN2O. The van der Waals surface area contributed by atoms with Crippen molar-refractivity contribution in [3.05, 3.63) is 29.8 Å². The van der Waals surface area contributed by atoms with Crippen LogP contribution >= 0.6 is 15.9 Å². The summed E-state index contributed by atoms with van der Waals surface area (Å²) in [7, 11) is 0. The summed E-state index contributed by atoms with van der Waals surface area (Å²) in [6.07, 6.45) is 5.80. The highest BCUT2D eigenvalue weighted by atomic mass is 79.9. The molecule has 0 aliphatic carbocycles. The van der Waals surface area contributed by atoms with Gasteiger partial charge in [0, 0.05) is 24.6 Å². The largest absolute Gasteiger partial charge is 0.338 e. The van der Waals surface area contributed by atoms with E-state index >= 15 is 0 Å². The van der Waals surface area contributed by atoms with E-state index in [-0.39, 0.29) is 5.91 Å². The maximum absolute atomic E-state index is 13.1. The van der Waals surface area contributed by atoms with Crippen LogP contribution in [0, 0.1) is 11.7 Å². The summed E-state index contributed by atoms with van der Waals surface area (Å²) >= 11 is 3.43. The van der Waals surface area contributed by atoms with E-state index in [1.807, 2.05) is 4.90 Å². The average molecular weight is 315 g/mol. The molecule has 1 amide bonds. The molecule has 0 aromatic carbocycles. The number of piperidine rings is 1. The van der Waals surface area contributed by atoms with Gasteiger partial charge < -0.3 is 4.90 Å². The van der Waals surface area contributed by atoms with E-state index in [9.17, 15) is 9.18 Å². The molecule has 1 aliphatic heterocycles. The van der Waals surface area contributed by atoms with Crippen LogP contribution in [0.5, 0.6) is 0 Å². The van der Waals surface area contributed by atoms with Gasteiger partial charge in [-0.2, -0.15) is 0 Å². The fourth-order valence-corrected chi connectivity index (χ4v) is 3.00. The van der Waals surface area contributed by atoms with Crippen molar-refractivity contribution in [2.24, 2.45) is 5.92 Å². The number of carbonyl (C=O) groups excluding carboxylic acids is 1. The lowest BCUT2D eigenvalue weighted by molar-refractivity contribution is 0.0671. The van der Waals surface area contributed by atoms with Gasteiger partial charge in [0.25, 0.3) is 5.91 Å². The number of alkyl halides is 1. The highest BCUT2D eigenvalue weighted by molar-refractivity contribution is 9.09. The van der Waals surface area contributed by atoms with E-state index in [1.165, 1.54) is 12.3 Å². The van der Waals surface area contributed by atoms with E-state index in [2.05, 4.69) is 20.9 Å². The quantitative estimate of drug-likeness (QED) is 0.804. The van der Waals surface area contributed by atoms with Crippen LogP contribution < -0.4 is 0 Å². The first-order valence-electron chi connectivity index (χ1n) is 6.16. The van der Waals surface area contributed by atoms with Gasteiger partial charge in [-0.05, 0) is 31.2 Å². The van der Waals surface area contributed by atoms with Crippen molar-refractivity contribution in [1.29, 1.82) is 0 Å². The van der Waals surface area contributed by atoms with Crippen molar-refractivity contribution in [1.82, 2.24) is 9.88 Å². The molecular weight excluding hydrogens is 299 g/mol. The minimum atomic E-state index is -0.463. The maximum Gasteiger partial charge on any atom is 0.255 e. The Labute approximate surface area is 115 Å². The third kappa shape index (κ3) is 3.28. The van der Waals surface area contributed by atoms with Crippen LogP contribution in [0.1, 0.15) is 29.6 Å². The first kappa shape index (κ1) is 13.5. The molecule has 98 valence electrons. The summed E-state index contributed by atoms with van der Waals surface area (Å²) in [6.45, 7) is 1.52. The summed E-state index contributed by atoms with van der Waals surface area (Å²) in [4.78, 5) is 17.7. The Bertz CT molecular complexity index is 425. The molecule has 0 radical (unpaired) electrons. The summed E-state index contributed by atoms with van der Waals surface area (Å²) in [5, 5.41) is 0.960. The maximum atomic E-state index is 13.1. The van der Waals surface area contributed by atoms with Gasteiger partial charge in [-0.3, -0.25) is 9.78 Å². The molecule has 2 rings (SSSR count). The Morgan fingerprint density at radius 2 is 2.39 bits per heavy atom. The predicted molar refractivity (Wildman–Crippen MR) is 71.2 cm³/mol. The normalized spacial score (nSPS) is 19.9. The van der Waals surface area contributed by atoms with Gasteiger partial charge in [-0.15, -0.1) is 0 Å². The average Bonchev–Trinajstić information content (AvgIpc) is 2.39. The second-order valence-corrected chi connectivity index (χ2v) is 5.42. The number of nitrogens with zero attached hydrogens (tertiary/aromatic N) is 2. The van der Waals surface area contributed by atoms with Crippen molar-refractivity contribution in [3.63, 3.8) is 0 Å². The van der Waals surface area contributed by atoms with E-state index in [0.717, 1.165) is 43.9 Å². The zero-order chi connectivity index (χ0) is 13.0. The van der Waals surface area contributed by atoms with Crippen LogP contribution in [0.2, 0.25) is 0 Å². The minimum absolute atomic E-state index is 0.110. The van der Waals surface area contributed by atoms with Gasteiger partial charge in [0.1, 0.15) is 5.82 Å². The first-order chi connectivity index (χ1) is 8.70. The molecule has 0 N–H and O–H groups in total. The predicted octanol–water partition coefficient (Wildman–Crippen LogP) is 2.86. The second kappa shape index (κ2) is 6.27. The van der Waals surface area contributed by atoms with Crippen molar-refractivity contribution in [3.8, 4) is 0 Å². The Hall–Kier alpha value is -0.970. The number of pyridine rings is 1. The van der Waals surface area contributed by atoms with Crippen LogP contribution in [0.15, 0.2) is 18.5 Å². The fourth-order valence-electron chi connectivity index (χ4n) is 2.35. The third-order valence-corrected chi connectivity index (χ3v) is 3.73. The number of halogens is 2. The highest BCUT2D eigenvalue weighted by Crippen LogP contribution is 2.21. The zero-order valence-corrected chi connectivity index (χ0v) is 11.7. The molecule has 0 spiro atoms. The van der Waals surface area contributed by atoms with Gasteiger partial charge in [-0.1, -0.05) is 15.9 Å². The van der Waals surface area contributed by atoms with Crippen LogP contribution in [0.25, 0.3) is 0 Å². The fraction of sp³-hybridized carbons (Fsp3) is 0.538. The number of carbonyl (C=O) groups is 1. The molecule has 1 aliphatic rings. The summed E-state index contributed by atoms with van der Waals surface area (Å²) in [5.41, 5.74) is 0.342. The zero-order valence-electron chi connectivity index (χ0n) is 10.1. The SMILES string of the molecule is O=C(c1cncc(F)c1)N1CCCC(CCBr)C1. The van der Waals surface area contributed by atoms with Crippen molar-refractivity contribution >= 4 is 21.8 Å². The molecule has 1 saturated heterocycles. The molecule has 3 nitrogen and oxygen atoms in total. The Morgan fingerprint density at radius 3 is 3.11 bits per heavy atom. The number of hydrogen-bond donors (Lipinski definition) is 0. The molecule has 0 saturated carbocycles. The number of hydrogen-bond acceptors (Lipinski definition) is 2. The number of likely N-dealkylation sites (tertiary alicyclic amines) is 1. The third-order valence-electron chi connectivity index (χ3n) is 3.28. The van der Waals surface area contributed by atoms with Crippen LogP contribution in [-0.4, -0.2) is 34.2 Å². The highest BCUT2D eigenvalue weighted by Gasteiger charge is 2.24. The van der Waals surface area contributed by atoms with Gasteiger partial charge in [-0.25, -0.2) is 4.39 Å². The molecule has 0 bridgehead atoms. The molecule has 1 aromatic heterocycles. The van der Waals surface area contributed by atoms with E-state index in [1.54, 1.807) is 0 Å². The van der Waals surface area contributed by atoms with Crippen molar-refractivity contribution in [2.45, 2.75) is 19.3 Å². The lowest BCUT2D eigenvalue weighted by atomic mass is 9.95. The number of rotatable bonds is 3. The molecule has 2 heterocycles.